The molecule has 38 heavy (non-hydrogen) atoms. The molecular formula is C26H33N7O4S. The van der Waals surface area contributed by atoms with E-state index < -0.39 is 5.92 Å². The zero-order chi connectivity index (χ0) is 26.5. The van der Waals surface area contributed by atoms with Crippen LogP contribution in [0.1, 0.15) is 19.8 Å². The third-order valence-electron chi connectivity index (χ3n) is 6.70. The predicted octanol–water partition coefficient (Wildman–Crippen LogP) is 2.34. The first kappa shape index (κ1) is 26.2. The number of morpholine rings is 1. The van der Waals surface area contributed by atoms with Crippen molar-refractivity contribution in [2.75, 3.05) is 62.1 Å². The number of methoxy groups -OCH3 is 1. The molecule has 0 saturated carbocycles. The normalized spacial score (nSPS) is 17.8. The highest BCUT2D eigenvalue weighted by Gasteiger charge is 2.35. The number of ether oxygens (including phenoxy) is 2. The van der Waals surface area contributed by atoms with Crippen LogP contribution in [-0.2, 0) is 20.9 Å². The molecule has 2 aliphatic rings. The van der Waals surface area contributed by atoms with Crippen LogP contribution in [0.15, 0.2) is 35.6 Å². The Morgan fingerprint density at radius 3 is 2.74 bits per heavy atom. The number of nitrogens with zero attached hydrogens (tertiary/aromatic N) is 6. The number of carbonyl (C=O) groups excluding carboxylic acids is 2. The summed E-state index contributed by atoms with van der Waals surface area (Å²) < 4.78 is 12.5. The molecule has 12 heteroatoms. The lowest BCUT2D eigenvalue weighted by atomic mass is 10.1. The molecule has 202 valence electrons. The quantitative estimate of drug-likeness (QED) is 0.306. The Labute approximate surface area is 225 Å². The summed E-state index contributed by atoms with van der Waals surface area (Å²) in [5.41, 5.74) is 1.53. The minimum absolute atomic E-state index is 0.0576. The van der Waals surface area contributed by atoms with Gasteiger partial charge in [0.25, 0.3) is 0 Å². The molecule has 2 aliphatic heterocycles. The van der Waals surface area contributed by atoms with Gasteiger partial charge < -0.3 is 24.6 Å². The van der Waals surface area contributed by atoms with Crippen LogP contribution in [0.3, 0.4) is 0 Å². The highest BCUT2D eigenvalue weighted by atomic mass is 32.2. The van der Waals surface area contributed by atoms with Gasteiger partial charge in [0.15, 0.2) is 10.8 Å². The summed E-state index contributed by atoms with van der Waals surface area (Å²) in [7, 11) is 1.60. The maximum atomic E-state index is 12.9. The van der Waals surface area contributed by atoms with Gasteiger partial charge in [-0.2, -0.15) is 5.10 Å². The van der Waals surface area contributed by atoms with Crippen molar-refractivity contribution in [3.05, 3.63) is 30.5 Å². The van der Waals surface area contributed by atoms with Crippen molar-refractivity contribution >= 4 is 46.1 Å². The van der Waals surface area contributed by atoms with Crippen molar-refractivity contribution in [2.45, 2.75) is 31.5 Å². The highest BCUT2D eigenvalue weighted by molar-refractivity contribution is 7.99. The van der Waals surface area contributed by atoms with Crippen molar-refractivity contribution in [1.29, 1.82) is 0 Å². The molecule has 1 unspecified atom stereocenters. The van der Waals surface area contributed by atoms with Gasteiger partial charge in [0.1, 0.15) is 11.6 Å². The van der Waals surface area contributed by atoms with Crippen molar-refractivity contribution in [3.63, 3.8) is 0 Å². The van der Waals surface area contributed by atoms with Gasteiger partial charge in [-0.15, -0.1) is 0 Å². The number of hydrogen-bond acceptors (Lipinski definition) is 9. The number of nitrogens with one attached hydrogen (secondary N) is 1. The first-order valence-electron chi connectivity index (χ1n) is 13.0. The molecule has 4 heterocycles. The maximum absolute atomic E-state index is 12.9. The van der Waals surface area contributed by atoms with E-state index in [1.807, 2.05) is 28.9 Å². The van der Waals surface area contributed by atoms with Gasteiger partial charge in [0.05, 0.1) is 44.4 Å². The van der Waals surface area contributed by atoms with E-state index in [0.29, 0.717) is 32.8 Å². The third-order valence-corrected chi connectivity index (χ3v) is 7.76. The van der Waals surface area contributed by atoms with E-state index in [4.69, 9.17) is 19.4 Å². The lowest BCUT2D eigenvalue weighted by Gasteiger charge is -2.28. The molecule has 1 N–H and O–H groups in total. The zero-order valence-corrected chi connectivity index (χ0v) is 22.6. The topological polar surface area (TPSA) is 115 Å². The van der Waals surface area contributed by atoms with E-state index in [0.717, 1.165) is 58.7 Å². The van der Waals surface area contributed by atoms with E-state index in [2.05, 4.69) is 22.2 Å². The number of thioether (sulfide) groups is 1. The predicted molar refractivity (Wildman–Crippen MR) is 146 cm³/mol. The lowest BCUT2D eigenvalue weighted by molar-refractivity contribution is -0.126. The van der Waals surface area contributed by atoms with Gasteiger partial charge in [0.2, 0.25) is 11.8 Å². The third kappa shape index (κ3) is 5.70. The fourth-order valence-corrected chi connectivity index (χ4v) is 5.37. The number of amides is 2. The Morgan fingerprint density at radius 2 is 2.00 bits per heavy atom. The maximum Gasteiger partial charge on any atom is 0.227 e. The molecule has 2 amide bonds. The van der Waals surface area contributed by atoms with Crippen molar-refractivity contribution < 1.29 is 19.1 Å². The van der Waals surface area contributed by atoms with Crippen LogP contribution in [0.2, 0.25) is 0 Å². The number of aromatic nitrogens is 4. The lowest BCUT2D eigenvalue weighted by Crippen LogP contribution is -2.37. The Bertz CT molecular complexity index is 1280. The van der Waals surface area contributed by atoms with Gasteiger partial charge in [0, 0.05) is 44.0 Å². The van der Waals surface area contributed by atoms with Gasteiger partial charge in [-0.25, -0.2) is 14.6 Å². The van der Waals surface area contributed by atoms with Gasteiger partial charge in [-0.05, 0) is 30.7 Å². The smallest absolute Gasteiger partial charge is 0.227 e. The summed E-state index contributed by atoms with van der Waals surface area (Å²) in [6, 6.07) is 7.29. The number of benzene rings is 1. The first-order chi connectivity index (χ1) is 18.6. The molecular weight excluding hydrogens is 506 g/mol. The zero-order valence-electron chi connectivity index (χ0n) is 21.8. The van der Waals surface area contributed by atoms with Gasteiger partial charge in [-0.3, -0.25) is 9.59 Å². The van der Waals surface area contributed by atoms with E-state index in [1.54, 1.807) is 30.0 Å². The molecule has 2 saturated heterocycles. The van der Waals surface area contributed by atoms with Crippen molar-refractivity contribution in [1.82, 2.24) is 25.1 Å². The molecule has 3 aromatic rings. The summed E-state index contributed by atoms with van der Waals surface area (Å²) in [5.74, 6) is 1.96. The monoisotopic (exact) mass is 539 g/mol. The minimum atomic E-state index is -0.397. The van der Waals surface area contributed by atoms with Gasteiger partial charge >= 0.3 is 0 Å². The van der Waals surface area contributed by atoms with Crippen LogP contribution in [-0.4, -0.2) is 83.8 Å². The molecule has 0 radical (unpaired) electrons. The number of carbonyl (C=O) groups is 2. The molecule has 2 aromatic heterocycles. The summed E-state index contributed by atoms with van der Waals surface area (Å²) >= 11 is 1.64. The van der Waals surface area contributed by atoms with Crippen LogP contribution < -0.4 is 19.9 Å². The largest absolute Gasteiger partial charge is 0.497 e. The van der Waals surface area contributed by atoms with Crippen LogP contribution in [0.4, 0.5) is 11.5 Å². The van der Waals surface area contributed by atoms with Crippen molar-refractivity contribution in [2.24, 2.45) is 5.92 Å². The number of fused-ring (bicyclic) bond motifs is 1. The fraction of sp³-hybridized carbons (Fsp3) is 0.500. The Morgan fingerprint density at radius 1 is 1.21 bits per heavy atom. The molecule has 1 aromatic carbocycles. The van der Waals surface area contributed by atoms with E-state index in [9.17, 15) is 9.59 Å². The second kappa shape index (κ2) is 12.0. The fourth-order valence-electron chi connectivity index (χ4n) is 4.68. The Balaban J connectivity index is 1.23. The molecule has 0 aliphatic carbocycles. The second-order valence-electron chi connectivity index (χ2n) is 9.28. The molecule has 0 bridgehead atoms. The average Bonchev–Trinajstić information content (AvgIpc) is 3.55. The molecule has 1 atom stereocenters. The SMILES string of the molecule is CCCSc1nc(N2CCOCC2)c2cnn(CCNC(=O)C3CC(=O)N(c4ccc(OC)cc4)C3)c2n1. The Hall–Kier alpha value is -3.38. The molecule has 0 spiro atoms. The summed E-state index contributed by atoms with van der Waals surface area (Å²) in [6.07, 6.45) is 3.03. The molecule has 5 rings (SSSR count). The van der Waals surface area contributed by atoms with Crippen LogP contribution in [0.25, 0.3) is 11.0 Å². The van der Waals surface area contributed by atoms with E-state index >= 15 is 0 Å². The number of hydrogen-bond donors (Lipinski definition) is 1. The van der Waals surface area contributed by atoms with Crippen LogP contribution in [0.5, 0.6) is 5.75 Å². The highest BCUT2D eigenvalue weighted by Crippen LogP contribution is 2.29. The molecule has 11 nitrogen and oxygen atoms in total. The van der Waals surface area contributed by atoms with E-state index in [-0.39, 0.29) is 18.2 Å². The van der Waals surface area contributed by atoms with E-state index in [1.165, 1.54) is 0 Å². The number of anilines is 2. The van der Waals surface area contributed by atoms with Crippen LogP contribution >= 0.6 is 11.8 Å². The molecule has 2 fully saturated rings. The summed E-state index contributed by atoms with van der Waals surface area (Å²) in [5, 5.41) is 9.19. The number of rotatable bonds is 10. The van der Waals surface area contributed by atoms with Crippen molar-refractivity contribution in [3.8, 4) is 5.75 Å². The summed E-state index contributed by atoms with van der Waals surface area (Å²) in [4.78, 5) is 39.0. The van der Waals surface area contributed by atoms with Gasteiger partial charge in [-0.1, -0.05) is 18.7 Å². The first-order valence-corrected chi connectivity index (χ1v) is 14.0. The van der Waals surface area contributed by atoms with Crippen LogP contribution in [0, 0.1) is 5.92 Å². The average molecular weight is 540 g/mol. The standard InChI is InChI=1S/C26H33N7O4S/c1-3-14-38-26-29-23(31-10-12-37-13-11-31)21-16-28-33(24(21)30-26)9-8-27-25(35)18-15-22(34)32(17-18)19-4-6-20(36-2)7-5-19/h4-7,16,18H,3,8-15,17H2,1-2H3,(H,27,35). The minimum Gasteiger partial charge on any atom is -0.497 e. The second-order valence-corrected chi connectivity index (χ2v) is 10.3. The summed E-state index contributed by atoms with van der Waals surface area (Å²) in [6.45, 7) is 6.24. The Kier molecular flexibility index (Phi) is 8.28.